The van der Waals surface area contributed by atoms with Gasteiger partial charge in [-0.25, -0.2) is 9.59 Å². The van der Waals surface area contributed by atoms with Crippen LogP contribution in [0.2, 0.25) is 0 Å². The molecule has 6 nitrogen and oxygen atoms in total. The van der Waals surface area contributed by atoms with Gasteiger partial charge in [-0.2, -0.15) is 0 Å². The molecule has 0 saturated heterocycles. The number of nitrogens with one attached hydrogen (secondary N) is 1. The fraction of sp³-hybridized carbons (Fsp3) is 0.150. The Morgan fingerprint density at radius 2 is 1.81 bits per heavy atom. The van der Waals surface area contributed by atoms with E-state index in [2.05, 4.69) is 5.32 Å². The highest BCUT2D eigenvalue weighted by Crippen LogP contribution is 2.15. The van der Waals surface area contributed by atoms with Crippen LogP contribution in [0.4, 0.5) is 5.69 Å². The van der Waals surface area contributed by atoms with E-state index in [1.807, 2.05) is 6.92 Å². The molecule has 0 aliphatic carbocycles. The van der Waals surface area contributed by atoms with Crippen LogP contribution in [0.1, 0.15) is 34.1 Å². The number of carbonyl (C=O) groups excluding carboxylic acids is 2. The molecule has 1 N–H and O–H groups in total. The number of benzene rings is 2. The van der Waals surface area contributed by atoms with Crippen LogP contribution in [0.5, 0.6) is 0 Å². The van der Waals surface area contributed by atoms with Gasteiger partial charge >= 0.3 is 11.6 Å². The molecule has 3 rings (SSSR count). The molecule has 1 aromatic heterocycles. The lowest BCUT2D eigenvalue weighted by molar-refractivity contribution is 0.0505. The topological polar surface area (TPSA) is 85.6 Å². The molecule has 1 heterocycles. The van der Waals surface area contributed by atoms with Gasteiger partial charge in [-0.05, 0) is 42.8 Å². The Bertz CT molecular complexity index is 1000. The van der Waals surface area contributed by atoms with Gasteiger partial charge in [0.15, 0.2) is 0 Å². The molecule has 6 heteroatoms. The lowest BCUT2D eigenvalue weighted by atomic mass is 10.1. The molecule has 0 spiro atoms. The lowest BCUT2D eigenvalue weighted by Crippen LogP contribution is -2.20. The van der Waals surface area contributed by atoms with Gasteiger partial charge in [0, 0.05) is 11.1 Å². The molecule has 2 aromatic carbocycles. The lowest BCUT2D eigenvalue weighted by Gasteiger charge is -2.07. The number of fused-ring (bicyclic) bond motifs is 1. The number of esters is 1. The van der Waals surface area contributed by atoms with E-state index in [1.165, 1.54) is 6.07 Å². The number of hydrogen-bond donors (Lipinski definition) is 1. The number of carbonyl (C=O) groups is 2. The highest BCUT2D eigenvalue weighted by molar-refractivity contribution is 6.05. The van der Waals surface area contributed by atoms with Crippen LogP contribution >= 0.6 is 0 Å². The van der Waals surface area contributed by atoms with Crippen molar-refractivity contribution in [2.75, 3.05) is 11.9 Å². The van der Waals surface area contributed by atoms with E-state index >= 15 is 0 Å². The summed E-state index contributed by atoms with van der Waals surface area (Å²) in [5.41, 5.74) is 0.469. The third kappa shape index (κ3) is 3.80. The summed E-state index contributed by atoms with van der Waals surface area (Å²) in [7, 11) is 0. The van der Waals surface area contributed by atoms with E-state index in [1.54, 1.807) is 48.5 Å². The highest BCUT2D eigenvalue weighted by atomic mass is 16.5. The summed E-state index contributed by atoms with van der Waals surface area (Å²) in [5.74, 6) is -0.995. The predicted molar refractivity (Wildman–Crippen MR) is 97.5 cm³/mol. The Hall–Kier alpha value is -3.41. The molecule has 0 unspecified atom stereocenters. The molecule has 0 fully saturated rings. The van der Waals surface area contributed by atoms with Crippen molar-refractivity contribution in [3.05, 3.63) is 76.1 Å². The van der Waals surface area contributed by atoms with Crippen LogP contribution in [0, 0.1) is 0 Å². The summed E-state index contributed by atoms with van der Waals surface area (Å²) >= 11 is 0. The minimum Gasteiger partial charge on any atom is -0.462 e. The fourth-order valence-corrected chi connectivity index (χ4v) is 2.39. The van der Waals surface area contributed by atoms with Crippen LogP contribution in [0.25, 0.3) is 11.0 Å². The fourth-order valence-electron chi connectivity index (χ4n) is 2.39. The van der Waals surface area contributed by atoms with Crippen molar-refractivity contribution in [2.24, 2.45) is 0 Å². The Labute approximate surface area is 149 Å². The van der Waals surface area contributed by atoms with Gasteiger partial charge in [0.25, 0.3) is 5.91 Å². The number of ether oxygens (including phenoxy) is 1. The molecule has 0 bridgehead atoms. The molecule has 3 aromatic rings. The second-order valence-electron chi connectivity index (χ2n) is 5.65. The zero-order valence-corrected chi connectivity index (χ0v) is 14.2. The Morgan fingerprint density at radius 3 is 2.54 bits per heavy atom. The van der Waals surface area contributed by atoms with Crippen molar-refractivity contribution in [3.63, 3.8) is 0 Å². The van der Waals surface area contributed by atoms with E-state index in [0.717, 1.165) is 6.42 Å². The molecular weight excluding hydrogens is 334 g/mol. The van der Waals surface area contributed by atoms with Crippen molar-refractivity contribution >= 4 is 28.5 Å². The Balaban J connectivity index is 1.77. The minimum absolute atomic E-state index is 0.0878. The second-order valence-corrected chi connectivity index (χ2v) is 5.65. The first-order chi connectivity index (χ1) is 12.6. The van der Waals surface area contributed by atoms with Gasteiger partial charge in [-0.15, -0.1) is 0 Å². The third-order valence-corrected chi connectivity index (χ3v) is 3.70. The zero-order chi connectivity index (χ0) is 18.5. The SMILES string of the molecule is CCCOC(=O)c1ccc(NC(=O)c2cc3ccccc3oc2=O)cc1. The van der Waals surface area contributed by atoms with E-state index in [9.17, 15) is 14.4 Å². The molecule has 0 radical (unpaired) electrons. The van der Waals surface area contributed by atoms with Crippen LogP contribution < -0.4 is 10.9 Å². The average Bonchev–Trinajstić information content (AvgIpc) is 2.66. The molecule has 26 heavy (non-hydrogen) atoms. The second kappa shape index (κ2) is 7.65. The number of amides is 1. The van der Waals surface area contributed by atoms with Crippen molar-refractivity contribution in [2.45, 2.75) is 13.3 Å². The maximum atomic E-state index is 12.4. The molecule has 1 amide bonds. The summed E-state index contributed by atoms with van der Waals surface area (Å²) in [4.78, 5) is 36.2. The van der Waals surface area contributed by atoms with Gasteiger partial charge in [0.05, 0.1) is 12.2 Å². The maximum Gasteiger partial charge on any atom is 0.349 e. The average molecular weight is 351 g/mol. The van der Waals surface area contributed by atoms with Crippen LogP contribution in [0.3, 0.4) is 0 Å². The molecule has 0 aliphatic rings. The van der Waals surface area contributed by atoms with Crippen molar-refractivity contribution in [1.29, 1.82) is 0 Å². The van der Waals surface area contributed by atoms with E-state index < -0.39 is 17.5 Å². The molecule has 0 atom stereocenters. The van der Waals surface area contributed by atoms with Gasteiger partial charge in [-0.1, -0.05) is 25.1 Å². The standard InChI is InChI=1S/C20H17NO5/c1-2-11-25-19(23)13-7-9-15(10-8-13)21-18(22)16-12-14-5-3-4-6-17(14)26-20(16)24/h3-10,12H,2,11H2,1H3,(H,21,22). The monoisotopic (exact) mass is 351 g/mol. The van der Waals surface area contributed by atoms with Crippen molar-refractivity contribution < 1.29 is 18.7 Å². The zero-order valence-electron chi connectivity index (χ0n) is 14.2. The first-order valence-corrected chi connectivity index (χ1v) is 8.20. The number of rotatable bonds is 5. The van der Waals surface area contributed by atoms with E-state index in [-0.39, 0.29) is 5.56 Å². The molecular formula is C20H17NO5. The van der Waals surface area contributed by atoms with Crippen LogP contribution in [-0.4, -0.2) is 18.5 Å². The summed E-state index contributed by atoms with van der Waals surface area (Å²) < 4.78 is 10.2. The Morgan fingerprint density at radius 1 is 1.08 bits per heavy atom. The van der Waals surface area contributed by atoms with Crippen LogP contribution in [0.15, 0.2) is 63.8 Å². The molecule has 0 aliphatic heterocycles. The number of hydrogen-bond acceptors (Lipinski definition) is 5. The molecule has 0 saturated carbocycles. The van der Waals surface area contributed by atoms with Crippen molar-refractivity contribution in [3.8, 4) is 0 Å². The minimum atomic E-state index is -0.707. The first-order valence-electron chi connectivity index (χ1n) is 8.20. The summed E-state index contributed by atoms with van der Waals surface area (Å²) in [6.07, 6.45) is 0.744. The van der Waals surface area contributed by atoms with Crippen molar-refractivity contribution in [1.82, 2.24) is 0 Å². The predicted octanol–water partition coefficient (Wildman–Crippen LogP) is 3.61. The number of anilines is 1. The van der Waals surface area contributed by atoms with Gasteiger partial charge in [0.1, 0.15) is 11.1 Å². The van der Waals surface area contributed by atoms with E-state index in [4.69, 9.17) is 9.15 Å². The third-order valence-electron chi connectivity index (χ3n) is 3.70. The smallest absolute Gasteiger partial charge is 0.349 e. The van der Waals surface area contributed by atoms with Crippen LogP contribution in [-0.2, 0) is 4.74 Å². The van der Waals surface area contributed by atoms with Gasteiger partial charge in [-0.3, -0.25) is 4.79 Å². The quantitative estimate of drug-likeness (QED) is 0.560. The largest absolute Gasteiger partial charge is 0.462 e. The van der Waals surface area contributed by atoms with E-state index in [0.29, 0.717) is 28.8 Å². The highest BCUT2D eigenvalue weighted by Gasteiger charge is 2.14. The van der Waals surface area contributed by atoms with Gasteiger partial charge in [0.2, 0.25) is 0 Å². The summed E-state index contributed by atoms with van der Waals surface area (Å²) in [6.45, 7) is 2.27. The maximum absolute atomic E-state index is 12.4. The normalized spacial score (nSPS) is 10.5. The molecule has 132 valence electrons. The summed E-state index contributed by atoms with van der Waals surface area (Å²) in [6, 6.07) is 14.7. The van der Waals surface area contributed by atoms with Gasteiger partial charge < -0.3 is 14.5 Å². The summed E-state index contributed by atoms with van der Waals surface area (Å²) in [5, 5.41) is 3.28. The Kier molecular flexibility index (Phi) is 5.12. The first kappa shape index (κ1) is 17.4. The number of para-hydroxylation sites is 1.